The number of piperidine rings is 1. The molecule has 0 bridgehead atoms. The Morgan fingerprint density at radius 3 is 2.39 bits per heavy atom. The van der Waals surface area contributed by atoms with E-state index in [0.29, 0.717) is 43.8 Å². The number of sulfonamides is 1. The number of fused-ring (bicyclic) bond motifs is 1. The van der Waals surface area contributed by atoms with Crippen molar-refractivity contribution in [2.45, 2.75) is 49.8 Å². The first-order valence-corrected chi connectivity index (χ1v) is 12.5. The molecular formula is C24H29FN2O3S. The Morgan fingerprint density at radius 1 is 1.00 bits per heavy atom. The Morgan fingerprint density at radius 2 is 1.68 bits per heavy atom. The minimum Gasteiger partial charge on any atom is -0.356 e. The van der Waals surface area contributed by atoms with Crippen LogP contribution in [0.5, 0.6) is 0 Å². The van der Waals surface area contributed by atoms with Crippen molar-refractivity contribution in [2.24, 2.45) is 5.92 Å². The number of rotatable bonds is 6. The van der Waals surface area contributed by atoms with E-state index in [9.17, 15) is 17.6 Å². The molecule has 7 heteroatoms. The largest absolute Gasteiger partial charge is 0.356 e. The lowest BCUT2D eigenvalue weighted by molar-refractivity contribution is -0.126. The van der Waals surface area contributed by atoms with E-state index >= 15 is 0 Å². The molecule has 31 heavy (non-hydrogen) atoms. The lowest BCUT2D eigenvalue weighted by atomic mass is 9.92. The van der Waals surface area contributed by atoms with Crippen LogP contribution in [0.25, 0.3) is 0 Å². The third-order valence-electron chi connectivity index (χ3n) is 6.41. The Kier molecular flexibility index (Phi) is 6.72. The zero-order valence-electron chi connectivity index (χ0n) is 17.6. The SMILES string of the molecule is O=C(NCCc1ccc(F)cc1)C1CCN(S(=O)(=O)c2ccc3c(c2)CCCC3)CC1. The first-order valence-electron chi connectivity index (χ1n) is 11.1. The zero-order valence-corrected chi connectivity index (χ0v) is 18.5. The van der Waals surface area contributed by atoms with Crippen LogP contribution in [-0.4, -0.2) is 38.3 Å². The summed E-state index contributed by atoms with van der Waals surface area (Å²) in [4.78, 5) is 12.9. The third kappa shape index (κ3) is 5.15. The van der Waals surface area contributed by atoms with Gasteiger partial charge in [-0.25, -0.2) is 12.8 Å². The van der Waals surface area contributed by atoms with Crippen molar-refractivity contribution < 1.29 is 17.6 Å². The molecule has 1 N–H and O–H groups in total. The second-order valence-corrected chi connectivity index (χ2v) is 10.4. The number of benzene rings is 2. The molecular weight excluding hydrogens is 415 g/mol. The van der Waals surface area contributed by atoms with Crippen molar-refractivity contribution >= 4 is 15.9 Å². The molecule has 1 saturated heterocycles. The number of aryl methyl sites for hydroxylation is 2. The monoisotopic (exact) mass is 444 g/mol. The molecule has 0 spiro atoms. The van der Waals surface area contributed by atoms with Crippen LogP contribution >= 0.6 is 0 Å². The summed E-state index contributed by atoms with van der Waals surface area (Å²) in [6.45, 7) is 1.20. The summed E-state index contributed by atoms with van der Waals surface area (Å²) in [7, 11) is -3.53. The molecule has 2 aromatic carbocycles. The van der Waals surface area contributed by atoms with Crippen molar-refractivity contribution in [1.29, 1.82) is 0 Å². The van der Waals surface area contributed by atoms with E-state index in [1.807, 2.05) is 12.1 Å². The molecule has 0 atom stereocenters. The summed E-state index contributed by atoms with van der Waals surface area (Å²) < 4.78 is 40.7. The first-order chi connectivity index (χ1) is 14.9. The standard InChI is InChI=1S/C24H29FN2O3S/c25-22-8-5-18(6-9-22)11-14-26-24(28)20-12-15-27(16-13-20)31(29,30)23-10-7-19-3-1-2-4-21(19)17-23/h5-10,17,20H,1-4,11-16H2,(H,26,28). The summed E-state index contributed by atoms with van der Waals surface area (Å²) in [5, 5.41) is 2.93. The number of hydrogen-bond acceptors (Lipinski definition) is 3. The number of amides is 1. The maximum atomic E-state index is 13.1. The van der Waals surface area contributed by atoms with Crippen LogP contribution in [0.3, 0.4) is 0 Å². The van der Waals surface area contributed by atoms with Gasteiger partial charge in [-0.15, -0.1) is 0 Å². The summed E-state index contributed by atoms with van der Waals surface area (Å²) in [6, 6.07) is 11.8. The molecule has 1 fully saturated rings. The van der Waals surface area contributed by atoms with Crippen LogP contribution in [0.4, 0.5) is 4.39 Å². The molecule has 1 aliphatic carbocycles. The Bertz CT molecular complexity index is 1030. The highest BCUT2D eigenvalue weighted by molar-refractivity contribution is 7.89. The van der Waals surface area contributed by atoms with Gasteiger partial charge in [0.15, 0.2) is 0 Å². The molecule has 1 amide bonds. The molecule has 2 aromatic rings. The second-order valence-electron chi connectivity index (χ2n) is 8.48. The van der Waals surface area contributed by atoms with Crippen LogP contribution in [0.2, 0.25) is 0 Å². The average molecular weight is 445 g/mol. The fraction of sp³-hybridized carbons (Fsp3) is 0.458. The summed E-state index contributed by atoms with van der Waals surface area (Å²) in [5.41, 5.74) is 3.39. The number of carbonyl (C=O) groups is 1. The molecule has 4 rings (SSSR count). The minimum absolute atomic E-state index is 0.0343. The predicted octanol–water partition coefficient (Wildman–Crippen LogP) is 3.46. The number of carbonyl (C=O) groups excluding carboxylic acids is 1. The van der Waals surface area contributed by atoms with Crippen molar-refractivity contribution in [3.05, 3.63) is 65.0 Å². The molecule has 2 aliphatic rings. The van der Waals surface area contributed by atoms with Crippen LogP contribution in [0.15, 0.2) is 47.4 Å². The van der Waals surface area contributed by atoms with Gasteiger partial charge in [0.1, 0.15) is 5.82 Å². The van der Waals surface area contributed by atoms with Gasteiger partial charge in [-0.2, -0.15) is 4.31 Å². The zero-order chi connectivity index (χ0) is 21.8. The van der Waals surface area contributed by atoms with Crippen molar-refractivity contribution in [3.63, 3.8) is 0 Å². The predicted molar refractivity (Wildman–Crippen MR) is 118 cm³/mol. The minimum atomic E-state index is -3.53. The van der Waals surface area contributed by atoms with Crippen LogP contribution in [-0.2, 0) is 34.1 Å². The van der Waals surface area contributed by atoms with Gasteiger partial charge in [0.25, 0.3) is 0 Å². The lowest BCUT2D eigenvalue weighted by Crippen LogP contribution is -2.43. The fourth-order valence-electron chi connectivity index (χ4n) is 4.50. The molecule has 1 heterocycles. The van der Waals surface area contributed by atoms with Crippen LogP contribution in [0, 0.1) is 11.7 Å². The van der Waals surface area contributed by atoms with E-state index in [1.54, 1.807) is 18.2 Å². The summed E-state index contributed by atoms with van der Waals surface area (Å²) in [6.07, 6.45) is 5.92. The summed E-state index contributed by atoms with van der Waals surface area (Å²) >= 11 is 0. The molecule has 0 unspecified atom stereocenters. The smallest absolute Gasteiger partial charge is 0.243 e. The second kappa shape index (κ2) is 9.49. The number of halogens is 1. The van der Waals surface area contributed by atoms with E-state index in [4.69, 9.17) is 0 Å². The third-order valence-corrected chi connectivity index (χ3v) is 8.30. The Labute approximate surface area is 183 Å². The quantitative estimate of drug-likeness (QED) is 0.742. The fourth-order valence-corrected chi connectivity index (χ4v) is 6.02. The average Bonchev–Trinajstić information content (AvgIpc) is 2.80. The number of hydrogen-bond donors (Lipinski definition) is 1. The van der Waals surface area contributed by atoms with E-state index in [-0.39, 0.29) is 17.6 Å². The van der Waals surface area contributed by atoms with Gasteiger partial charge < -0.3 is 5.32 Å². The highest BCUT2D eigenvalue weighted by atomic mass is 32.2. The highest BCUT2D eigenvalue weighted by Gasteiger charge is 2.32. The maximum Gasteiger partial charge on any atom is 0.243 e. The van der Waals surface area contributed by atoms with Gasteiger partial charge in [0.05, 0.1) is 4.90 Å². The van der Waals surface area contributed by atoms with Crippen molar-refractivity contribution in [2.75, 3.05) is 19.6 Å². The molecule has 5 nitrogen and oxygen atoms in total. The first kappa shape index (κ1) is 22.0. The normalized spacial score (nSPS) is 17.8. The van der Waals surface area contributed by atoms with E-state index < -0.39 is 10.0 Å². The van der Waals surface area contributed by atoms with Crippen LogP contribution < -0.4 is 5.32 Å². The van der Waals surface area contributed by atoms with Gasteiger partial charge in [0, 0.05) is 25.6 Å². The van der Waals surface area contributed by atoms with Gasteiger partial charge in [-0.05, 0) is 85.9 Å². The Balaban J connectivity index is 1.29. The van der Waals surface area contributed by atoms with Crippen molar-refractivity contribution in [1.82, 2.24) is 9.62 Å². The molecule has 1 aliphatic heterocycles. The molecule has 0 aromatic heterocycles. The molecule has 0 radical (unpaired) electrons. The van der Waals surface area contributed by atoms with E-state index in [2.05, 4.69) is 5.32 Å². The lowest BCUT2D eigenvalue weighted by Gasteiger charge is -2.31. The molecule has 166 valence electrons. The maximum absolute atomic E-state index is 13.1. The van der Waals surface area contributed by atoms with E-state index in [0.717, 1.165) is 30.4 Å². The molecule has 0 saturated carbocycles. The van der Waals surface area contributed by atoms with Gasteiger partial charge in [0.2, 0.25) is 15.9 Å². The van der Waals surface area contributed by atoms with Gasteiger partial charge >= 0.3 is 0 Å². The van der Waals surface area contributed by atoms with Crippen LogP contribution in [0.1, 0.15) is 42.4 Å². The highest BCUT2D eigenvalue weighted by Crippen LogP contribution is 2.28. The topological polar surface area (TPSA) is 66.5 Å². The Hall–Kier alpha value is -2.25. The van der Waals surface area contributed by atoms with Crippen molar-refractivity contribution in [3.8, 4) is 0 Å². The number of nitrogens with zero attached hydrogens (tertiary/aromatic N) is 1. The number of nitrogens with one attached hydrogen (secondary N) is 1. The van der Waals surface area contributed by atoms with Gasteiger partial charge in [-0.1, -0.05) is 18.2 Å². The van der Waals surface area contributed by atoms with Gasteiger partial charge in [-0.3, -0.25) is 4.79 Å². The van der Waals surface area contributed by atoms with E-state index in [1.165, 1.54) is 28.4 Å². The summed E-state index contributed by atoms with van der Waals surface area (Å²) in [5.74, 6) is -0.485.